The molecule has 0 fully saturated rings. The van der Waals surface area contributed by atoms with Gasteiger partial charge in [0.05, 0.1) is 17.9 Å². The Morgan fingerprint density at radius 3 is 2.41 bits per heavy atom. The van der Waals surface area contributed by atoms with Gasteiger partial charge in [-0.3, -0.25) is 4.79 Å². The SMILES string of the molecule is CCOC(=O)c1cccc(-n2c(=O)[nH]c3c(C(N)=O)nc(-c4ccc(C5(C(F)(F)F)N=N5)cc4)nc32)c1. The fourth-order valence-electron chi connectivity index (χ4n) is 3.81. The number of H-pyrrole nitrogens is 1. The Hall–Kier alpha value is -4.88. The number of halogens is 3. The monoisotopic (exact) mass is 511 g/mol. The van der Waals surface area contributed by atoms with Crippen molar-refractivity contribution >= 4 is 23.0 Å². The summed E-state index contributed by atoms with van der Waals surface area (Å²) < 4.78 is 46.1. The van der Waals surface area contributed by atoms with Gasteiger partial charge in [-0.25, -0.2) is 24.1 Å². The highest BCUT2D eigenvalue weighted by Gasteiger charge is 2.65. The molecule has 0 saturated heterocycles. The second kappa shape index (κ2) is 8.36. The lowest BCUT2D eigenvalue weighted by atomic mass is 10.0. The molecule has 11 nitrogen and oxygen atoms in total. The van der Waals surface area contributed by atoms with Crippen LogP contribution in [0.15, 0.2) is 63.6 Å². The lowest BCUT2D eigenvalue weighted by Crippen LogP contribution is -2.29. The Balaban J connectivity index is 1.64. The lowest BCUT2D eigenvalue weighted by molar-refractivity contribution is -0.166. The molecule has 37 heavy (non-hydrogen) atoms. The molecule has 14 heteroatoms. The second-order valence-corrected chi connectivity index (χ2v) is 7.94. The Morgan fingerprint density at radius 2 is 1.81 bits per heavy atom. The maximum Gasteiger partial charge on any atom is 0.442 e. The Labute approximate surface area is 204 Å². The van der Waals surface area contributed by atoms with E-state index < -0.39 is 29.4 Å². The molecule has 1 aliphatic heterocycles. The number of nitrogens with two attached hydrogens (primary N) is 1. The fraction of sp³-hybridized carbons (Fsp3) is 0.174. The Bertz CT molecular complexity index is 1650. The van der Waals surface area contributed by atoms with Crippen LogP contribution in [0.5, 0.6) is 0 Å². The molecule has 1 amide bonds. The number of carbonyl (C=O) groups is 2. The van der Waals surface area contributed by atoms with Crippen LogP contribution < -0.4 is 11.4 Å². The highest BCUT2D eigenvalue weighted by atomic mass is 19.4. The zero-order valence-electron chi connectivity index (χ0n) is 18.9. The minimum atomic E-state index is -4.69. The second-order valence-electron chi connectivity index (χ2n) is 7.94. The van der Waals surface area contributed by atoms with Gasteiger partial charge >= 0.3 is 23.5 Å². The number of alkyl halides is 3. The number of benzene rings is 2. The third-order valence-electron chi connectivity index (χ3n) is 5.63. The van der Waals surface area contributed by atoms with Crippen LogP contribution in [-0.4, -0.2) is 44.2 Å². The summed E-state index contributed by atoms with van der Waals surface area (Å²) in [5.41, 5.74) is 2.27. The van der Waals surface area contributed by atoms with Crippen LogP contribution in [0.2, 0.25) is 0 Å². The number of carbonyl (C=O) groups excluding carboxylic acids is 2. The van der Waals surface area contributed by atoms with E-state index in [-0.39, 0.29) is 51.7 Å². The number of hydrogen-bond acceptors (Lipinski definition) is 8. The Kier molecular flexibility index (Phi) is 5.39. The summed E-state index contributed by atoms with van der Waals surface area (Å²) in [6, 6.07) is 11.0. The molecule has 0 radical (unpaired) electrons. The first-order chi connectivity index (χ1) is 17.6. The van der Waals surface area contributed by atoms with Crippen LogP contribution in [0.1, 0.15) is 33.3 Å². The van der Waals surface area contributed by atoms with E-state index >= 15 is 0 Å². The zero-order chi connectivity index (χ0) is 26.5. The summed E-state index contributed by atoms with van der Waals surface area (Å²) in [7, 11) is 0. The van der Waals surface area contributed by atoms with Crippen molar-refractivity contribution in [3.63, 3.8) is 0 Å². The third-order valence-corrected chi connectivity index (χ3v) is 5.63. The largest absolute Gasteiger partial charge is 0.462 e. The molecule has 5 rings (SSSR count). The van der Waals surface area contributed by atoms with Crippen LogP contribution >= 0.6 is 0 Å². The summed E-state index contributed by atoms with van der Waals surface area (Å²) in [4.78, 5) is 48.2. The van der Waals surface area contributed by atoms with Crippen molar-refractivity contribution < 1.29 is 27.5 Å². The number of hydrogen-bond donors (Lipinski definition) is 2. The molecular weight excluding hydrogens is 495 g/mol. The van der Waals surface area contributed by atoms with Crippen molar-refractivity contribution in [1.29, 1.82) is 0 Å². The van der Waals surface area contributed by atoms with Gasteiger partial charge in [0.1, 0.15) is 5.52 Å². The molecule has 0 spiro atoms. The maximum absolute atomic E-state index is 13.3. The number of amides is 1. The average molecular weight is 511 g/mol. The van der Waals surface area contributed by atoms with Crippen LogP contribution in [0.4, 0.5) is 13.2 Å². The van der Waals surface area contributed by atoms with E-state index in [1.54, 1.807) is 6.92 Å². The molecule has 2 aromatic heterocycles. The molecule has 3 N–H and O–H groups in total. The lowest BCUT2D eigenvalue weighted by Gasteiger charge is -2.15. The fourth-order valence-corrected chi connectivity index (χ4v) is 3.81. The van der Waals surface area contributed by atoms with Gasteiger partial charge in [0, 0.05) is 11.1 Å². The molecule has 1 aliphatic rings. The van der Waals surface area contributed by atoms with E-state index in [0.717, 1.165) is 4.57 Å². The first-order valence-corrected chi connectivity index (χ1v) is 10.8. The maximum atomic E-state index is 13.3. The molecule has 0 aliphatic carbocycles. The topological polar surface area (TPSA) is 158 Å². The summed E-state index contributed by atoms with van der Waals surface area (Å²) >= 11 is 0. The average Bonchev–Trinajstić information content (AvgIpc) is 3.62. The smallest absolute Gasteiger partial charge is 0.442 e. The van der Waals surface area contributed by atoms with E-state index in [2.05, 4.69) is 25.2 Å². The molecule has 4 aromatic rings. The standard InChI is InChI=1S/C23H16F3N7O4/c1-2-37-20(35)12-4-3-5-14(10-12)33-19-16(29-21(33)36)15(17(27)34)28-18(30-19)11-6-8-13(9-7-11)22(31-32-22)23(24,25)26/h3-10H,2H2,1H3,(H2,27,34)(H,29,36). The van der Waals surface area contributed by atoms with Crippen molar-refractivity contribution in [2.24, 2.45) is 16.0 Å². The molecular formula is C23H16F3N7O4. The Morgan fingerprint density at radius 1 is 1.11 bits per heavy atom. The van der Waals surface area contributed by atoms with Crippen molar-refractivity contribution in [2.75, 3.05) is 6.61 Å². The quantitative estimate of drug-likeness (QED) is 0.378. The number of esters is 1. The van der Waals surface area contributed by atoms with Gasteiger partial charge in [0.15, 0.2) is 17.2 Å². The predicted molar refractivity (Wildman–Crippen MR) is 122 cm³/mol. The number of fused-ring (bicyclic) bond motifs is 1. The number of aromatic amines is 1. The minimum Gasteiger partial charge on any atom is -0.462 e. The van der Waals surface area contributed by atoms with E-state index in [1.165, 1.54) is 48.5 Å². The molecule has 0 atom stereocenters. The number of rotatable bonds is 6. The third kappa shape index (κ3) is 3.91. The van der Waals surface area contributed by atoms with Crippen LogP contribution in [0.25, 0.3) is 28.2 Å². The van der Waals surface area contributed by atoms with Gasteiger partial charge in [-0.05, 0) is 25.1 Å². The highest BCUT2D eigenvalue weighted by Crippen LogP contribution is 2.52. The molecule has 0 unspecified atom stereocenters. The molecule has 3 heterocycles. The van der Waals surface area contributed by atoms with E-state index in [1.807, 2.05) is 0 Å². The van der Waals surface area contributed by atoms with E-state index in [4.69, 9.17) is 10.5 Å². The van der Waals surface area contributed by atoms with Gasteiger partial charge in [-0.2, -0.15) is 13.2 Å². The minimum absolute atomic E-state index is 0.0344. The highest BCUT2D eigenvalue weighted by molar-refractivity contribution is 6.02. The van der Waals surface area contributed by atoms with Gasteiger partial charge in [0.25, 0.3) is 5.91 Å². The normalized spacial score (nSPS) is 14.1. The zero-order valence-corrected chi connectivity index (χ0v) is 18.9. The van der Waals surface area contributed by atoms with E-state index in [0.29, 0.717) is 0 Å². The molecule has 188 valence electrons. The van der Waals surface area contributed by atoms with Crippen molar-refractivity contribution in [2.45, 2.75) is 18.8 Å². The summed E-state index contributed by atoms with van der Waals surface area (Å²) in [5.74, 6) is -1.64. The number of primary amides is 1. The molecule has 0 bridgehead atoms. The van der Waals surface area contributed by atoms with E-state index in [9.17, 15) is 27.6 Å². The van der Waals surface area contributed by atoms with Gasteiger partial charge in [-0.1, -0.05) is 30.3 Å². The summed E-state index contributed by atoms with van der Waals surface area (Å²) in [6.45, 7) is 1.80. The van der Waals surface area contributed by atoms with Gasteiger partial charge < -0.3 is 15.5 Å². The summed E-state index contributed by atoms with van der Waals surface area (Å²) in [6.07, 6.45) is -4.69. The van der Waals surface area contributed by atoms with Crippen LogP contribution in [0, 0.1) is 0 Å². The van der Waals surface area contributed by atoms with Crippen molar-refractivity contribution in [3.05, 3.63) is 75.8 Å². The molecule has 0 saturated carbocycles. The van der Waals surface area contributed by atoms with Crippen LogP contribution in [0.3, 0.4) is 0 Å². The first-order valence-electron chi connectivity index (χ1n) is 10.8. The van der Waals surface area contributed by atoms with Crippen molar-refractivity contribution in [3.8, 4) is 17.1 Å². The predicted octanol–water partition coefficient (Wildman–Crippen LogP) is 3.23. The number of nitrogens with one attached hydrogen (secondary N) is 1. The summed E-state index contributed by atoms with van der Waals surface area (Å²) in [5, 5.41) is 6.33. The number of nitrogens with zero attached hydrogens (tertiary/aromatic N) is 5. The number of imidazole rings is 1. The van der Waals surface area contributed by atoms with Gasteiger partial charge in [0.2, 0.25) is 0 Å². The molecule has 2 aromatic carbocycles. The van der Waals surface area contributed by atoms with Gasteiger partial charge in [-0.15, -0.1) is 10.2 Å². The van der Waals surface area contributed by atoms with Crippen LogP contribution in [-0.2, 0) is 10.4 Å². The van der Waals surface area contributed by atoms with Crippen molar-refractivity contribution in [1.82, 2.24) is 19.5 Å². The first kappa shape index (κ1) is 23.8. The number of aromatic nitrogens is 4. The number of ether oxygens (including phenoxy) is 1.